The van der Waals surface area contributed by atoms with Crippen LogP contribution in [0.1, 0.15) is 17.3 Å². The van der Waals surface area contributed by atoms with Crippen molar-refractivity contribution < 1.29 is 36.2 Å². The summed E-state index contributed by atoms with van der Waals surface area (Å²) in [5.74, 6) is 0.00722. The molecule has 0 unspecified atom stereocenters. The summed E-state index contributed by atoms with van der Waals surface area (Å²) < 4.78 is 67.8. The van der Waals surface area contributed by atoms with Gasteiger partial charge in [0.2, 0.25) is 0 Å². The van der Waals surface area contributed by atoms with Crippen LogP contribution in [0.25, 0.3) is 0 Å². The Morgan fingerprint density at radius 1 is 0.941 bits per heavy atom. The second-order valence-corrected chi connectivity index (χ2v) is 8.44. The molecule has 11 heteroatoms. The van der Waals surface area contributed by atoms with Gasteiger partial charge in [0, 0.05) is 16.9 Å². The van der Waals surface area contributed by atoms with Crippen molar-refractivity contribution in [3.63, 3.8) is 0 Å². The van der Waals surface area contributed by atoms with E-state index in [0.29, 0.717) is 18.0 Å². The van der Waals surface area contributed by atoms with Crippen molar-refractivity contribution >= 4 is 27.3 Å². The first-order valence-corrected chi connectivity index (χ1v) is 11.5. The Kier molecular flexibility index (Phi) is 7.90. The van der Waals surface area contributed by atoms with Crippen molar-refractivity contribution in [3.8, 4) is 17.2 Å². The van der Waals surface area contributed by atoms with E-state index >= 15 is 0 Å². The van der Waals surface area contributed by atoms with Crippen LogP contribution in [-0.4, -0.2) is 34.7 Å². The highest BCUT2D eigenvalue weighted by Crippen LogP contribution is 2.29. The molecular weight excluding hydrogens is 470 g/mol. The van der Waals surface area contributed by atoms with Crippen molar-refractivity contribution in [1.29, 1.82) is 0 Å². The maximum atomic E-state index is 13.0. The standard InChI is InChI=1S/C23H22F2N2O6S/c1-3-32-18-11-6-16(7-12-18)27-34(29,30)21-14-17(8-13-20(21)31-2)26-22(28)15-4-9-19(10-5-15)33-23(24)25/h4-14,23,27H,3H2,1-2H3,(H,26,28). The first kappa shape index (κ1) is 24.8. The molecule has 0 heterocycles. The fraction of sp³-hybridized carbons (Fsp3) is 0.174. The summed E-state index contributed by atoms with van der Waals surface area (Å²) in [6.45, 7) is -0.657. The minimum Gasteiger partial charge on any atom is -0.495 e. The largest absolute Gasteiger partial charge is 0.495 e. The van der Waals surface area contributed by atoms with Crippen molar-refractivity contribution in [3.05, 3.63) is 72.3 Å². The highest BCUT2D eigenvalue weighted by molar-refractivity contribution is 7.92. The smallest absolute Gasteiger partial charge is 0.387 e. The third kappa shape index (κ3) is 6.35. The fourth-order valence-corrected chi connectivity index (χ4v) is 4.21. The first-order chi connectivity index (χ1) is 16.2. The number of sulfonamides is 1. The molecule has 0 saturated heterocycles. The van der Waals surface area contributed by atoms with E-state index in [9.17, 15) is 22.0 Å². The Hall–Kier alpha value is -3.86. The molecule has 0 aliphatic carbocycles. The summed E-state index contributed by atoms with van der Waals surface area (Å²) >= 11 is 0. The van der Waals surface area contributed by atoms with E-state index in [1.165, 1.54) is 49.6 Å². The molecule has 0 atom stereocenters. The average molecular weight is 493 g/mol. The highest BCUT2D eigenvalue weighted by Gasteiger charge is 2.21. The predicted octanol–water partition coefficient (Wildman–Crippen LogP) is 4.75. The van der Waals surface area contributed by atoms with Crippen LogP contribution in [0.5, 0.6) is 17.2 Å². The van der Waals surface area contributed by atoms with Gasteiger partial charge in [0.1, 0.15) is 22.1 Å². The zero-order valence-corrected chi connectivity index (χ0v) is 19.1. The van der Waals surface area contributed by atoms with E-state index in [0.717, 1.165) is 0 Å². The van der Waals surface area contributed by atoms with Crippen molar-refractivity contribution in [2.45, 2.75) is 18.4 Å². The molecule has 0 spiro atoms. The van der Waals surface area contributed by atoms with Gasteiger partial charge in [-0.15, -0.1) is 0 Å². The zero-order valence-electron chi connectivity index (χ0n) is 18.2. The molecule has 1 amide bonds. The number of nitrogens with one attached hydrogen (secondary N) is 2. The molecule has 0 aliphatic heterocycles. The summed E-state index contributed by atoms with van der Waals surface area (Å²) in [6, 6.07) is 15.6. The molecule has 3 rings (SSSR count). The summed E-state index contributed by atoms with van der Waals surface area (Å²) in [7, 11) is -2.75. The van der Waals surface area contributed by atoms with Crippen LogP contribution in [0.4, 0.5) is 20.2 Å². The molecule has 0 aliphatic rings. The molecule has 0 fully saturated rings. The maximum Gasteiger partial charge on any atom is 0.387 e. The van der Waals surface area contributed by atoms with E-state index in [4.69, 9.17) is 9.47 Å². The number of rotatable bonds is 10. The molecule has 180 valence electrons. The van der Waals surface area contributed by atoms with Crippen molar-refractivity contribution in [1.82, 2.24) is 0 Å². The lowest BCUT2D eigenvalue weighted by atomic mass is 10.2. The third-order valence-electron chi connectivity index (χ3n) is 4.47. The Bertz CT molecular complexity index is 1230. The van der Waals surface area contributed by atoms with Crippen LogP contribution in [0, 0.1) is 0 Å². The van der Waals surface area contributed by atoms with Crippen molar-refractivity contribution in [2.75, 3.05) is 23.8 Å². The number of hydrogen-bond donors (Lipinski definition) is 2. The number of methoxy groups -OCH3 is 1. The SMILES string of the molecule is CCOc1ccc(NS(=O)(=O)c2cc(NC(=O)c3ccc(OC(F)F)cc3)ccc2OC)cc1. The first-order valence-electron chi connectivity index (χ1n) is 10.0. The van der Waals surface area contributed by atoms with Crippen LogP contribution >= 0.6 is 0 Å². The van der Waals surface area contributed by atoms with Gasteiger partial charge in [-0.1, -0.05) is 0 Å². The Morgan fingerprint density at radius 3 is 2.15 bits per heavy atom. The lowest BCUT2D eigenvalue weighted by Crippen LogP contribution is -2.16. The predicted molar refractivity (Wildman–Crippen MR) is 122 cm³/mol. The highest BCUT2D eigenvalue weighted by atomic mass is 32.2. The van der Waals surface area contributed by atoms with E-state index < -0.39 is 22.5 Å². The van der Waals surface area contributed by atoms with Crippen LogP contribution in [0.2, 0.25) is 0 Å². The summed E-state index contributed by atoms with van der Waals surface area (Å²) in [5, 5.41) is 2.58. The van der Waals surface area contributed by atoms with Crippen LogP contribution < -0.4 is 24.2 Å². The second-order valence-electron chi connectivity index (χ2n) is 6.79. The molecular formula is C23H22F2N2O6S. The number of benzene rings is 3. The van der Waals surface area contributed by atoms with E-state index in [1.807, 2.05) is 6.92 Å². The van der Waals surface area contributed by atoms with Gasteiger partial charge in [-0.3, -0.25) is 9.52 Å². The van der Waals surface area contributed by atoms with Gasteiger partial charge in [-0.25, -0.2) is 8.42 Å². The van der Waals surface area contributed by atoms with E-state index in [1.54, 1.807) is 24.3 Å². The second kappa shape index (κ2) is 10.8. The molecule has 8 nitrogen and oxygen atoms in total. The molecule has 3 aromatic carbocycles. The third-order valence-corrected chi connectivity index (χ3v) is 5.87. The van der Waals surface area contributed by atoms with Crippen LogP contribution in [0.3, 0.4) is 0 Å². The normalized spacial score (nSPS) is 11.1. The Balaban J connectivity index is 1.80. The number of ether oxygens (including phenoxy) is 3. The quantitative estimate of drug-likeness (QED) is 0.424. The summed E-state index contributed by atoms with van der Waals surface area (Å²) in [5.41, 5.74) is 0.659. The zero-order chi connectivity index (χ0) is 24.7. The number of hydrogen-bond acceptors (Lipinski definition) is 6. The van der Waals surface area contributed by atoms with Crippen LogP contribution in [0.15, 0.2) is 71.6 Å². The van der Waals surface area contributed by atoms with Gasteiger partial charge in [0.25, 0.3) is 15.9 Å². The molecule has 0 saturated carbocycles. The van der Waals surface area contributed by atoms with Gasteiger partial charge in [-0.2, -0.15) is 8.78 Å². The number of carbonyl (C=O) groups is 1. The van der Waals surface area contributed by atoms with Gasteiger partial charge < -0.3 is 19.5 Å². The number of halogens is 2. The topological polar surface area (TPSA) is 103 Å². The molecule has 0 bridgehead atoms. The number of amides is 1. The minimum atomic E-state index is -4.08. The van der Waals surface area contributed by atoms with Crippen LogP contribution in [-0.2, 0) is 10.0 Å². The fourth-order valence-electron chi connectivity index (χ4n) is 2.95. The van der Waals surface area contributed by atoms with Crippen molar-refractivity contribution in [2.24, 2.45) is 0 Å². The lowest BCUT2D eigenvalue weighted by Gasteiger charge is -2.14. The molecule has 3 aromatic rings. The van der Waals surface area contributed by atoms with Gasteiger partial charge in [-0.05, 0) is 73.7 Å². The monoisotopic (exact) mass is 492 g/mol. The number of alkyl halides is 2. The summed E-state index contributed by atoms with van der Waals surface area (Å²) in [4.78, 5) is 12.3. The van der Waals surface area contributed by atoms with Gasteiger partial charge >= 0.3 is 6.61 Å². The van der Waals surface area contributed by atoms with E-state index in [-0.39, 0.29) is 27.6 Å². The Labute approximate surface area is 195 Å². The average Bonchev–Trinajstić information content (AvgIpc) is 2.80. The molecule has 0 aromatic heterocycles. The Morgan fingerprint density at radius 2 is 1.56 bits per heavy atom. The molecule has 0 radical (unpaired) electrons. The van der Waals surface area contributed by atoms with Gasteiger partial charge in [0.15, 0.2) is 0 Å². The maximum absolute atomic E-state index is 13.0. The molecule has 34 heavy (non-hydrogen) atoms. The number of carbonyl (C=O) groups excluding carboxylic acids is 1. The molecule has 2 N–H and O–H groups in total. The number of anilines is 2. The van der Waals surface area contributed by atoms with Gasteiger partial charge in [0.05, 0.1) is 13.7 Å². The van der Waals surface area contributed by atoms with E-state index in [2.05, 4.69) is 14.8 Å². The lowest BCUT2D eigenvalue weighted by molar-refractivity contribution is -0.0498. The minimum absolute atomic E-state index is 0.0740. The summed E-state index contributed by atoms with van der Waals surface area (Å²) in [6.07, 6.45) is 0.